The predicted octanol–water partition coefficient (Wildman–Crippen LogP) is 2.71. The topological polar surface area (TPSA) is 29.3 Å². The first kappa shape index (κ1) is 12.3. The molecule has 2 aliphatic rings. The van der Waals surface area contributed by atoms with Crippen LogP contribution in [0.3, 0.4) is 0 Å². The predicted molar refractivity (Wildman–Crippen MR) is 72.6 cm³/mol. The van der Waals surface area contributed by atoms with Crippen LogP contribution in [-0.2, 0) is 0 Å². The Labute approximate surface area is 105 Å². The van der Waals surface area contributed by atoms with Crippen molar-refractivity contribution in [2.75, 3.05) is 13.1 Å². The van der Waals surface area contributed by atoms with Crippen LogP contribution in [0, 0.1) is 5.92 Å². The normalized spacial score (nSPS) is 31.0. The molecule has 0 aromatic rings. The lowest BCUT2D eigenvalue weighted by Gasteiger charge is -2.44. The molecule has 0 bridgehead atoms. The van der Waals surface area contributed by atoms with Crippen molar-refractivity contribution in [3.8, 4) is 0 Å². The van der Waals surface area contributed by atoms with Gasteiger partial charge in [0.15, 0.2) is 0 Å². The minimum atomic E-state index is 0.678. The van der Waals surface area contributed by atoms with E-state index in [9.17, 15) is 0 Å². The van der Waals surface area contributed by atoms with Crippen LogP contribution < -0.4 is 5.73 Å². The Balaban J connectivity index is 1.80. The molecule has 16 heavy (non-hydrogen) atoms. The molecule has 1 saturated heterocycles. The van der Waals surface area contributed by atoms with Gasteiger partial charge in [-0.05, 0) is 57.5 Å². The summed E-state index contributed by atoms with van der Waals surface area (Å²) < 4.78 is 0. The molecule has 0 spiro atoms. The van der Waals surface area contributed by atoms with E-state index in [1.165, 1.54) is 51.6 Å². The van der Waals surface area contributed by atoms with Crippen molar-refractivity contribution in [2.24, 2.45) is 11.7 Å². The molecule has 1 saturated carbocycles. The quantitative estimate of drug-likeness (QED) is 0.766. The van der Waals surface area contributed by atoms with Gasteiger partial charge in [0.1, 0.15) is 0 Å². The average molecular weight is 240 g/mol. The average Bonchev–Trinajstić information content (AvgIpc) is 2.29. The molecule has 92 valence electrons. The Kier molecular flexibility index (Phi) is 4.59. The van der Waals surface area contributed by atoms with Crippen LogP contribution in [-0.4, -0.2) is 29.0 Å². The summed E-state index contributed by atoms with van der Waals surface area (Å²) in [6.45, 7) is 2.51. The number of piperidine rings is 1. The Morgan fingerprint density at radius 2 is 1.94 bits per heavy atom. The second-order valence-corrected chi connectivity index (χ2v) is 5.88. The molecule has 0 radical (unpaired) electrons. The summed E-state index contributed by atoms with van der Waals surface area (Å²) in [6.07, 6.45) is 10.7. The van der Waals surface area contributed by atoms with Gasteiger partial charge in [-0.2, -0.15) is 0 Å². The van der Waals surface area contributed by atoms with Gasteiger partial charge in [0.25, 0.3) is 0 Å². The first-order valence-corrected chi connectivity index (χ1v) is 7.20. The third-order valence-electron chi connectivity index (χ3n) is 4.23. The second kappa shape index (κ2) is 5.97. The zero-order chi connectivity index (χ0) is 11.4. The molecule has 2 unspecified atom stereocenters. The van der Waals surface area contributed by atoms with Gasteiger partial charge in [-0.25, -0.2) is 0 Å². The maximum absolute atomic E-state index is 5.55. The van der Waals surface area contributed by atoms with Crippen LogP contribution in [0.1, 0.15) is 51.4 Å². The fraction of sp³-hybridized carbons (Fsp3) is 0.923. The molecule has 0 aromatic heterocycles. The fourth-order valence-corrected chi connectivity index (χ4v) is 3.61. The van der Waals surface area contributed by atoms with Gasteiger partial charge in [-0.3, -0.25) is 0 Å². The summed E-state index contributed by atoms with van der Waals surface area (Å²) in [7, 11) is 0. The zero-order valence-corrected chi connectivity index (χ0v) is 11.0. The SMILES string of the molecule is NC(=S)CCCN1CCCC2CCCCC21. The van der Waals surface area contributed by atoms with Crippen LogP contribution in [0.4, 0.5) is 0 Å². The fourth-order valence-electron chi connectivity index (χ4n) is 3.46. The third kappa shape index (κ3) is 3.17. The molecule has 1 aliphatic heterocycles. The van der Waals surface area contributed by atoms with Crippen LogP contribution >= 0.6 is 12.2 Å². The summed E-state index contributed by atoms with van der Waals surface area (Å²) in [4.78, 5) is 3.39. The molecular formula is C13H24N2S. The Bertz CT molecular complexity index is 240. The van der Waals surface area contributed by atoms with Gasteiger partial charge in [0, 0.05) is 6.04 Å². The van der Waals surface area contributed by atoms with Crippen LogP contribution in [0.15, 0.2) is 0 Å². The van der Waals surface area contributed by atoms with Crippen LogP contribution in [0.25, 0.3) is 0 Å². The smallest absolute Gasteiger partial charge is 0.0727 e. The standard InChI is InChI=1S/C13H24N2S/c14-13(16)8-4-10-15-9-3-6-11-5-1-2-7-12(11)15/h11-12H,1-10H2,(H2,14,16). The summed E-state index contributed by atoms with van der Waals surface area (Å²) in [5.74, 6) is 0.993. The van der Waals surface area contributed by atoms with Crippen LogP contribution in [0.2, 0.25) is 0 Å². The van der Waals surface area contributed by atoms with E-state index in [4.69, 9.17) is 18.0 Å². The summed E-state index contributed by atoms with van der Waals surface area (Å²) in [6, 6.07) is 0.883. The number of likely N-dealkylation sites (tertiary alicyclic amines) is 1. The van der Waals surface area contributed by atoms with Crippen molar-refractivity contribution >= 4 is 17.2 Å². The highest BCUT2D eigenvalue weighted by atomic mass is 32.1. The van der Waals surface area contributed by atoms with Gasteiger partial charge in [-0.15, -0.1) is 0 Å². The Morgan fingerprint density at radius 3 is 2.75 bits per heavy atom. The van der Waals surface area contributed by atoms with E-state index in [-0.39, 0.29) is 0 Å². The van der Waals surface area contributed by atoms with E-state index in [2.05, 4.69) is 4.90 Å². The van der Waals surface area contributed by atoms with Crippen molar-refractivity contribution < 1.29 is 0 Å². The van der Waals surface area contributed by atoms with E-state index >= 15 is 0 Å². The number of thiocarbonyl (C=S) groups is 1. The second-order valence-electron chi connectivity index (χ2n) is 5.36. The van der Waals surface area contributed by atoms with Gasteiger partial charge < -0.3 is 10.6 Å². The lowest BCUT2D eigenvalue weighted by atomic mass is 9.78. The molecule has 2 N–H and O–H groups in total. The molecule has 0 aromatic carbocycles. The molecular weight excluding hydrogens is 216 g/mol. The zero-order valence-electron chi connectivity index (χ0n) is 10.2. The minimum Gasteiger partial charge on any atom is -0.393 e. The highest BCUT2D eigenvalue weighted by molar-refractivity contribution is 7.80. The highest BCUT2D eigenvalue weighted by Gasteiger charge is 2.32. The molecule has 2 nitrogen and oxygen atoms in total. The molecule has 2 rings (SSSR count). The summed E-state index contributed by atoms with van der Waals surface area (Å²) in [5, 5.41) is 0. The van der Waals surface area contributed by atoms with Gasteiger partial charge in [0.2, 0.25) is 0 Å². The number of fused-ring (bicyclic) bond motifs is 1. The first-order chi connectivity index (χ1) is 7.77. The van der Waals surface area contributed by atoms with Gasteiger partial charge in [-0.1, -0.05) is 25.1 Å². The molecule has 3 heteroatoms. The monoisotopic (exact) mass is 240 g/mol. The van der Waals surface area contributed by atoms with Crippen molar-refractivity contribution in [2.45, 2.75) is 57.4 Å². The molecule has 1 aliphatic carbocycles. The molecule has 2 fully saturated rings. The highest BCUT2D eigenvalue weighted by Crippen LogP contribution is 2.35. The number of nitrogens with two attached hydrogens (primary N) is 1. The lowest BCUT2D eigenvalue weighted by Crippen LogP contribution is -2.47. The maximum Gasteiger partial charge on any atom is 0.0727 e. The van der Waals surface area contributed by atoms with Crippen LogP contribution in [0.5, 0.6) is 0 Å². The van der Waals surface area contributed by atoms with Crippen molar-refractivity contribution in [3.63, 3.8) is 0 Å². The van der Waals surface area contributed by atoms with E-state index in [0.717, 1.165) is 24.8 Å². The maximum atomic E-state index is 5.55. The number of rotatable bonds is 4. The minimum absolute atomic E-state index is 0.678. The van der Waals surface area contributed by atoms with Crippen molar-refractivity contribution in [3.05, 3.63) is 0 Å². The molecule has 0 amide bonds. The van der Waals surface area contributed by atoms with E-state index in [1.54, 1.807) is 0 Å². The van der Waals surface area contributed by atoms with Gasteiger partial charge >= 0.3 is 0 Å². The largest absolute Gasteiger partial charge is 0.393 e. The molecule has 1 heterocycles. The lowest BCUT2D eigenvalue weighted by molar-refractivity contribution is 0.0606. The van der Waals surface area contributed by atoms with E-state index in [1.807, 2.05) is 0 Å². The third-order valence-corrected chi connectivity index (χ3v) is 4.43. The number of hydrogen-bond donors (Lipinski definition) is 1. The van der Waals surface area contributed by atoms with Crippen molar-refractivity contribution in [1.29, 1.82) is 0 Å². The van der Waals surface area contributed by atoms with Crippen molar-refractivity contribution in [1.82, 2.24) is 4.90 Å². The Hall–Kier alpha value is -0.150. The number of hydrogen-bond acceptors (Lipinski definition) is 2. The number of nitrogens with zero attached hydrogens (tertiary/aromatic N) is 1. The van der Waals surface area contributed by atoms with Gasteiger partial charge in [0.05, 0.1) is 4.99 Å². The summed E-state index contributed by atoms with van der Waals surface area (Å²) >= 11 is 4.94. The Morgan fingerprint density at radius 1 is 1.19 bits per heavy atom. The first-order valence-electron chi connectivity index (χ1n) is 6.80. The molecule has 2 atom stereocenters. The summed E-state index contributed by atoms with van der Waals surface area (Å²) in [5.41, 5.74) is 5.55. The van der Waals surface area contributed by atoms with E-state index in [0.29, 0.717) is 4.99 Å². The van der Waals surface area contributed by atoms with E-state index < -0.39 is 0 Å².